The van der Waals surface area contributed by atoms with E-state index < -0.39 is 16.9 Å². The van der Waals surface area contributed by atoms with E-state index in [4.69, 9.17) is 10.5 Å². The van der Waals surface area contributed by atoms with E-state index in [0.717, 1.165) is 5.56 Å². The Morgan fingerprint density at radius 2 is 2.20 bits per heavy atom. The maximum atomic E-state index is 11.1. The van der Waals surface area contributed by atoms with Crippen LogP contribution in [-0.2, 0) is 16.0 Å². The van der Waals surface area contributed by atoms with Crippen molar-refractivity contribution in [3.63, 3.8) is 0 Å². The summed E-state index contributed by atoms with van der Waals surface area (Å²) in [7, 11) is 1.25. The maximum absolute atomic E-state index is 11.1. The van der Waals surface area contributed by atoms with Gasteiger partial charge in [0.1, 0.15) is 6.04 Å². The molecule has 0 aromatic heterocycles. The zero-order valence-corrected chi connectivity index (χ0v) is 11.5. The molecule has 0 amide bonds. The number of carbonyl (C=O) groups is 1. The predicted molar refractivity (Wildman–Crippen MR) is 72.6 cm³/mol. The summed E-state index contributed by atoms with van der Waals surface area (Å²) in [5.74, 6) is -0.367. The standard InChI is InChI=1S/C13H18N2O5/c1-3-9-4-5-12(11(8-9)15(17)18)20-7-6-10(14)13(16)19-2/h4-5,8,10H,3,6-7,14H2,1-2H3. The lowest BCUT2D eigenvalue weighted by molar-refractivity contribution is -0.385. The van der Waals surface area contributed by atoms with E-state index in [9.17, 15) is 14.9 Å². The highest BCUT2D eigenvalue weighted by Gasteiger charge is 2.17. The van der Waals surface area contributed by atoms with E-state index in [-0.39, 0.29) is 24.5 Å². The maximum Gasteiger partial charge on any atom is 0.322 e. The summed E-state index contributed by atoms with van der Waals surface area (Å²) in [6, 6.07) is 4.01. The first-order chi connectivity index (χ1) is 9.49. The van der Waals surface area contributed by atoms with Crippen LogP contribution in [0.25, 0.3) is 0 Å². The van der Waals surface area contributed by atoms with Crippen molar-refractivity contribution in [2.24, 2.45) is 5.73 Å². The number of esters is 1. The highest BCUT2D eigenvalue weighted by atomic mass is 16.6. The van der Waals surface area contributed by atoms with Crippen molar-refractivity contribution >= 4 is 11.7 Å². The molecule has 0 saturated heterocycles. The van der Waals surface area contributed by atoms with Gasteiger partial charge in [0.05, 0.1) is 18.6 Å². The Morgan fingerprint density at radius 3 is 2.75 bits per heavy atom. The molecule has 1 atom stereocenters. The van der Waals surface area contributed by atoms with E-state index in [2.05, 4.69) is 4.74 Å². The number of hydrogen-bond acceptors (Lipinski definition) is 6. The van der Waals surface area contributed by atoms with Gasteiger partial charge in [-0.25, -0.2) is 0 Å². The van der Waals surface area contributed by atoms with Crippen LogP contribution in [0.5, 0.6) is 5.75 Å². The topological polar surface area (TPSA) is 105 Å². The van der Waals surface area contributed by atoms with Crippen molar-refractivity contribution in [3.05, 3.63) is 33.9 Å². The molecule has 7 heteroatoms. The van der Waals surface area contributed by atoms with Gasteiger partial charge in [-0.2, -0.15) is 0 Å². The normalized spacial score (nSPS) is 11.8. The van der Waals surface area contributed by atoms with Crippen LogP contribution in [-0.4, -0.2) is 30.7 Å². The summed E-state index contributed by atoms with van der Waals surface area (Å²) in [6.07, 6.45) is 0.924. The van der Waals surface area contributed by atoms with Crippen LogP contribution in [0.4, 0.5) is 5.69 Å². The largest absolute Gasteiger partial charge is 0.487 e. The number of nitro benzene ring substituents is 1. The first-order valence-electron chi connectivity index (χ1n) is 6.23. The molecule has 1 rings (SSSR count). The molecule has 0 aliphatic carbocycles. The minimum Gasteiger partial charge on any atom is -0.487 e. The molecule has 1 aromatic carbocycles. The van der Waals surface area contributed by atoms with Crippen molar-refractivity contribution < 1.29 is 19.2 Å². The Kier molecular flexibility index (Phi) is 5.92. The van der Waals surface area contributed by atoms with E-state index >= 15 is 0 Å². The SMILES string of the molecule is CCc1ccc(OCCC(N)C(=O)OC)c([N+](=O)[O-])c1. The second-order valence-corrected chi connectivity index (χ2v) is 4.18. The van der Waals surface area contributed by atoms with Crippen molar-refractivity contribution in [1.29, 1.82) is 0 Å². The van der Waals surface area contributed by atoms with Gasteiger partial charge < -0.3 is 15.2 Å². The number of hydrogen-bond donors (Lipinski definition) is 1. The Balaban J connectivity index is 2.68. The molecular formula is C13H18N2O5. The van der Waals surface area contributed by atoms with Crippen LogP contribution in [0, 0.1) is 10.1 Å². The second kappa shape index (κ2) is 7.44. The first-order valence-corrected chi connectivity index (χ1v) is 6.23. The van der Waals surface area contributed by atoms with Gasteiger partial charge in [0.2, 0.25) is 0 Å². The molecule has 2 N–H and O–H groups in total. The van der Waals surface area contributed by atoms with Crippen molar-refractivity contribution in [1.82, 2.24) is 0 Å². The summed E-state index contributed by atoms with van der Waals surface area (Å²) in [6.45, 7) is 2.01. The lowest BCUT2D eigenvalue weighted by atomic mass is 10.1. The third kappa shape index (κ3) is 4.20. The molecule has 20 heavy (non-hydrogen) atoms. The Hall–Kier alpha value is -2.15. The van der Waals surface area contributed by atoms with Crippen molar-refractivity contribution in [2.45, 2.75) is 25.8 Å². The summed E-state index contributed by atoms with van der Waals surface area (Å²) in [5, 5.41) is 11.0. The molecule has 1 unspecified atom stereocenters. The molecular weight excluding hydrogens is 264 g/mol. The highest BCUT2D eigenvalue weighted by molar-refractivity contribution is 5.75. The van der Waals surface area contributed by atoms with E-state index in [0.29, 0.717) is 6.42 Å². The smallest absolute Gasteiger partial charge is 0.322 e. The average Bonchev–Trinajstić information content (AvgIpc) is 2.46. The number of rotatable bonds is 7. The third-order valence-electron chi connectivity index (χ3n) is 2.82. The fourth-order valence-corrected chi connectivity index (χ4v) is 1.61. The number of methoxy groups -OCH3 is 1. The fourth-order valence-electron chi connectivity index (χ4n) is 1.61. The predicted octanol–water partition coefficient (Wildman–Crippen LogP) is 1.43. The molecule has 0 bridgehead atoms. The fraction of sp³-hybridized carbons (Fsp3) is 0.462. The minimum atomic E-state index is -0.797. The molecule has 0 aliphatic rings. The first kappa shape index (κ1) is 15.9. The molecule has 0 fully saturated rings. The van der Waals surface area contributed by atoms with Crippen molar-refractivity contribution in [3.8, 4) is 5.75 Å². The molecule has 0 aliphatic heterocycles. The van der Waals surface area contributed by atoms with Gasteiger partial charge in [-0.1, -0.05) is 13.0 Å². The zero-order valence-electron chi connectivity index (χ0n) is 11.5. The number of aryl methyl sites for hydroxylation is 1. The van der Waals surface area contributed by atoms with E-state index in [1.165, 1.54) is 13.2 Å². The minimum absolute atomic E-state index is 0.0870. The number of benzene rings is 1. The van der Waals surface area contributed by atoms with Crippen LogP contribution in [0.15, 0.2) is 18.2 Å². The average molecular weight is 282 g/mol. The molecule has 0 saturated carbocycles. The van der Waals surface area contributed by atoms with Crippen molar-refractivity contribution in [2.75, 3.05) is 13.7 Å². The number of nitrogens with two attached hydrogens (primary N) is 1. The lowest BCUT2D eigenvalue weighted by Gasteiger charge is -2.11. The number of nitro groups is 1. The third-order valence-corrected chi connectivity index (χ3v) is 2.82. The Bertz CT molecular complexity index is 490. The molecule has 0 radical (unpaired) electrons. The highest BCUT2D eigenvalue weighted by Crippen LogP contribution is 2.28. The van der Waals surface area contributed by atoms with Crippen LogP contribution < -0.4 is 10.5 Å². The monoisotopic (exact) mass is 282 g/mol. The van der Waals surface area contributed by atoms with Gasteiger partial charge in [0.25, 0.3) is 0 Å². The summed E-state index contributed by atoms with van der Waals surface area (Å²) < 4.78 is 9.81. The molecule has 0 spiro atoms. The van der Waals surface area contributed by atoms with Crippen LogP contribution in [0.1, 0.15) is 18.9 Å². The van der Waals surface area contributed by atoms with Crippen LogP contribution >= 0.6 is 0 Å². The van der Waals surface area contributed by atoms with Gasteiger partial charge >= 0.3 is 11.7 Å². The molecule has 7 nitrogen and oxygen atoms in total. The zero-order chi connectivity index (χ0) is 15.1. The Morgan fingerprint density at radius 1 is 1.50 bits per heavy atom. The Labute approximate surface area is 116 Å². The summed E-state index contributed by atoms with van der Waals surface area (Å²) in [4.78, 5) is 21.6. The van der Waals surface area contributed by atoms with Gasteiger partial charge in [-0.15, -0.1) is 0 Å². The quantitative estimate of drug-likeness (QED) is 0.460. The van der Waals surface area contributed by atoms with Gasteiger partial charge in [0.15, 0.2) is 5.75 Å². The summed E-state index contributed by atoms with van der Waals surface area (Å²) in [5.41, 5.74) is 6.32. The number of ether oxygens (including phenoxy) is 2. The van der Waals surface area contributed by atoms with Crippen LogP contribution in [0.2, 0.25) is 0 Å². The van der Waals surface area contributed by atoms with E-state index in [1.54, 1.807) is 12.1 Å². The van der Waals surface area contributed by atoms with E-state index in [1.807, 2.05) is 6.92 Å². The van der Waals surface area contributed by atoms with Gasteiger partial charge in [0, 0.05) is 12.5 Å². The second-order valence-electron chi connectivity index (χ2n) is 4.18. The van der Waals surface area contributed by atoms with Crippen LogP contribution in [0.3, 0.4) is 0 Å². The summed E-state index contributed by atoms with van der Waals surface area (Å²) >= 11 is 0. The molecule has 0 heterocycles. The number of carbonyl (C=O) groups excluding carboxylic acids is 1. The number of nitrogens with zero attached hydrogens (tertiary/aromatic N) is 1. The molecule has 110 valence electrons. The van der Waals surface area contributed by atoms with Gasteiger partial charge in [-0.3, -0.25) is 14.9 Å². The van der Waals surface area contributed by atoms with Gasteiger partial charge in [-0.05, 0) is 18.1 Å². The molecule has 1 aromatic rings. The lowest BCUT2D eigenvalue weighted by Crippen LogP contribution is -2.33.